The summed E-state index contributed by atoms with van der Waals surface area (Å²) < 4.78 is 19.4. The molecule has 0 aliphatic heterocycles. The molecule has 0 heterocycles. The van der Waals surface area contributed by atoms with Crippen molar-refractivity contribution in [2.75, 3.05) is 11.9 Å². The number of halogens is 2. The number of ether oxygens (including phenoxy) is 1. The van der Waals surface area contributed by atoms with E-state index in [0.29, 0.717) is 0 Å². The van der Waals surface area contributed by atoms with Crippen molar-refractivity contribution in [3.05, 3.63) is 52.8 Å². The van der Waals surface area contributed by atoms with Crippen LogP contribution in [0.2, 0.25) is 0 Å². The van der Waals surface area contributed by atoms with Crippen molar-refractivity contribution in [3.63, 3.8) is 0 Å². The highest BCUT2D eigenvalue weighted by atomic mass is 79.9. The summed E-state index contributed by atoms with van der Waals surface area (Å²) in [6, 6.07) is 12.1. The molecule has 0 fully saturated rings. The Morgan fingerprint density at radius 1 is 1.15 bits per heavy atom. The van der Waals surface area contributed by atoms with Crippen LogP contribution in [0, 0.1) is 5.82 Å². The monoisotopic (exact) mass is 337 g/mol. The molecule has 0 saturated heterocycles. The third-order valence-electron chi connectivity index (χ3n) is 2.83. The maximum absolute atomic E-state index is 12.9. The predicted molar refractivity (Wildman–Crippen MR) is 84.2 cm³/mol. The van der Waals surface area contributed by atoms with E-state index in [1.165, 1.54) is 12.1 Å². The molecule has 0 bridgehead atoms. The van der Waals surface area contributed by atoms with Gasteiger partial charge in [-0.25, -0.2) is 4.39 Å². The van der Waals surface area contributed by atoms with E-state index in [1.807, 2.05) is 18.2 Å². The molecule has 0 saturated carbocycles. The number of nitrogens with one attached hydrogen (secondary N) is 1. The van der Waals surface area contributed by atoms with Crippen LogP contribution in [0.1, 0.15) is 19.8 Å². The number of anilines is 2. The van der Waals surface area contributed by atoms with Gasteiger partial charge in [0, 0.05) is 10.2 Å². The molecule has 0 spiro atoms. The van der Waals surface area contributed by atoms with Gasteiger partial charge in [-0.05, 0) is 64.8 Å². The van der Waals surface area contributed by atoms with Crippen molar-refractivity contribution < 1.29 is 9.13 Å². The quantitative estimate of drug-likeness (QED) is 0.701. The third kappa shape index (κ3) is 4.23. The van der Waals surface area contributed by atoms with Gasteiger partial charge in [0.15, 0.2) is 0 Å². The Bertz CT molecular complexity index is 557. The first-order valence-corrected chi connectivity index (χ1v) is 7.43. The first-order valence-electron chi connectivity index (χ1n) is 6.64. The highest BCUT2D eigenvalue weighted by molar-refractivity contribution is 9.10. The van der Waals surface area contributed by atoms with Gasteiger partial charge in [-0.1, -0.05) is 13.3 Å². The highest BCUT2D eigenvalue weighted by Crippen LogP contribution is 2.29. The van der Waals surface area contributed by atoms with Crippen LogP contribution in [0.4, 0.5) is 15.8 Å². The van der Waals surface area contributed by atoms with Crippen molar-refractivity contribution in [2.45, 2.75) is 19.8 Å². The Morgan fingerprint density at radius 2 is 1.90 bits per heavy atom. The summed E-state index contributed by atoms with van der Waals surface area (Å²) in [4.78, 5) is 0. The molecule has 106 valence electrons. The van der Waals surface area contributed by atoms with E-state index in [-0.39, 0.29) is 5.82 Å². The fourth-order valence-electron chi connectivity index (χ4n) is 1.71. The lowest BCUT2D eigenvalue weighted by atomic mass is 10.2. The van der Waals surface area contributed by atoms with E-state index in [1.54, 1.807) is 12.1 Å². The van der Waals surface area contributed by atoms with Crippen LogP contribution in [0.25, 0.3) is 0 Å². The van der Waals surface area contributed by atoms with E-state index in [4.69, 9.17) is 4.74 Å². The lowest BCUT2D eigenvalue weighted by Crippen LogP contribution is -1.97. The Hall–Kier alpha value is -1.55. The molecular formula is C16H17BrFNO. The fourth-order valence-corrected chi connectivity index (χ4v) is 2.17. The zero-order chi connectivity index (χ0) is 14.4. The van der Waals surface area contributed by atoms with Gasteiger partial charge < -0.3 is 10.1 Å². The largest absolute Gasteiger partial charge is 0.494 e. The Morgan fingerprint density at radius 3 is 2.55 bits per heavy atom. The molecule has 20 heavy (non-hydrogen) atoms. The lowest BCUT2D eigenvalue weighted by Gasteiger charge is -2.11. The number of hydrogen-bond donors (Lipinski definition) is 1. The molecule has 0 radical (unpaired) electrons. The zero-order valence-electron chi connectivity index (χ0n) is 11.3. The molecule has 2 aromatic carbocycles. The number of rotatable bonds is 6. The van der Waals surface area contributed by atoms with Gasteiger partial charge >= 0.3 is 0 Å². The standard InChI is InChI=1S/C16H17BrFNO/c1-2-3-10-20-14-8-9-16(15(17)11-14)19-13-6-4-12(18)5-7-13/h4-9,11,19H,2-3,10H2,1H3. The SMILES string of the molecule is CCCCOc1ccc(Nc2ccc(F)cc2)c(Br)c1. The van der Waals surface area contributed by atoms with Gasteiger partial charge in [-0.15, -0.1) is 0 Å². The van der Waals surface area contributed by atoms with Crippen LogP contribution in [0.3, 0.4) is 0 Å². The minimum absolute atomic E-state index is 0.241. The van der Waals surface area contributed by atoms with E-state index >= 15 is 0 Å². The van der Waals surface area contributed by atoms with E-state index in [2.05, 4.69) is 28.2 Å². The molecule has 0 amide bonds. The van der Waals surface area contributed by atoms with Gasteiger partial charge in [-0.3, -0.25) is 0 Å². The van der Waals surface area contributed by atoms with Crippen LogP contribution in [0.5, 0.6) is 5.75 Å². The summed E-state index contributed by atoms with van der Waals surface area (Å²) in [5, 5.41) is 3.22. The Labute approximate surface area is 127 Å². The molecule has 4 heteroatoms. The van der Waals surface area contributed by atoms with Gasteiger partial charge in [0.1, 0.15) is 11.6 Å². The number of unbranched alkanes of at least 4 members (excludes halogenated alkanes) is 1. The van der Waals surface area contributed by atoms with Crippen molar-refractivity contribution in [2.24, 2.45) is 0 Å². The topological polar surface area (TPSA) is 21.3 Å². The van der Waals surface area contributed by atoms with E-state index < -0.39 is 0 Å². The Kier molecular flexibility index (Phi) is 5.41. The lowest BCUT2D eigenvalue weighted by molar-refractivity contribution is 0.309. The second kappa shape index (κ2) is 7.29. The van der Waals surface area contributed by atoms with E-state index in [9.17, 15) is 4.39 Å². The van der Waals surface area contributed by atoms with Crippen LogP contribution in [0.15, 0.2) is 46.9 Å². The molecular weight excluding hydrogens is 321 g/mol. The average Bonchev–Trinajstić information content (AvgIpc) is 2.44. The molecule has 2 aromatic rings. The average molecular weight is 338 g/mol. The summed E-state index contributed by atoms with van der Waals surface area (Å²) in [7, 11) is 0. The smallest absolute Gasteiger partial charge is 0.123 e. The summed E-state index contributed by atoms with van der Waals surface area (Å²) in [6.45, 7) is 2.86. The maximum Gasteiger partial charge on any atom is 0.123 e. The van der Waals surface area contributed by atoms with Gasteiger partial charge in [0.05, 0.1) is 12.3 Å². The van der Waals surface area contributed by atoms with Crippen molar-refractivity contribution in [1.29, 1.82) is 0 Å². The minimum atomic E-state index is -0.241. The fraction of sp³-hybridized carbons (Fsp3) is 0.250. The van der Waals surface area contributed by atoms with Crippen molar-refractivity contribution >= 4 is 27.3 Å². The van der Waals surface area contributed by atoms with Crippen molar-refractivity contribution in [1.82, 2.24) is 0 Å². The molecule has 2 nitrogen and oxygen atoms in total. The summed E-state index contributed by atoms with van der Waals surface area (Å²) in [5.74, 6) is 0.601. The minimum Gasteiger partial charge on any atom is -0.494 e. The number of benzene rings is 2. The van der Waals surface area contributed by atoms with E-state index in [0.717, 1.165) is 41.0 Å². The van der Waals surface area contributed by atoms with Crippen LogP contribution in [-0.4, -0.2) is 6.61 Å². The normalized spacial score (nSPS) is 10.3. The van der Waals surface area contributed by atoms with Crippen molar-refractivity contribution in [3.8, 4) is 5.75 Å². The first kappa shape index (κ1) is 14.9. The van der Waals surface area contributed by atoms with Gasteiger partial charge in [0.2, 0.25) is 0 Å². The summed E-state index contributed by atoms with van der Waals surface area (Å²) in [5.41, 5.74) is 1.76. The van der Waals surface area contributed by atoms with Crippen LogP contribution < -0.4 is 10.1 Å². The molecule has 0 aliphatic rings. The molecule has 1 N–H and O–H groups in total. The predicted octanol–water partition coefficient (Wildman–Crippen LogP) is 5.51. The molecule has 0 atom stereocenters. The molecule has 0 aromatic heterocycles. The van der Waals surface area contributed by atoms with Crippen LogP contribution >= 0.6 is 15.9 Å². The third-order valence-corrected chi connectivity index (χ3v) is 3.49. The molecule has 2 rings (SSSR count). The maximum atomic E-state index is 12.9. The number of hydrogen-bond acceptors (Lipinski definition) is 2. The second-order valence-corrected chi connectivity index (χ2v) is 5.33. The summed E-state index contributed by atoms with van der Waals surface area (Å²) >= 11 is 3.51. The first-order chi connectivity index (χ1) is 9.69. The Balaban J connectivity index is 2.03. The zero-order valence-corrected chi connectivity index (χ0v) is 12.9. The summed E-state index contributed by atoms with van der Waals surface area (Å²) in [6.07, 6.45) is 2.17. The van der Waals surface area contributed by atoms with Crippen LogP contribution in [-0.2, 0) is 0 Å². The highest BCUT2D eigenvalue weighted by Gasteiger charge is 2.03. The molecule has 0 aliphatic carbocycles. The van der Waals surface area contributed by atoms with Gasteiger partial charge in [0.25, 0.3) is 0 Å². The second-order valence-electron chi connectivity index (χ2n) is 4.48. The molecule has 0 unspecified atom stereocenters. The van der Waals surface area contributed by atoms with Gasteiger partial charge in [-0.2, -0.15) is 0 Å².